The van der Waals surface area contributed by atoms with Gasteiger partial charge in [-0.1, -0.05) is 6.07 Å². The Morgan fingerprint density at radius 3 is 2.40 bits per heavy atom. The highest BCUT2D eigenvalue weighted by Crippen LogP contribution is 2.34. The zero-order chi connectivity index (χ0) is 14.9. The standard InChI is InChI=1S/C13H12ClF4NO/c14-11(12(20)19-5-1-2-6-19)8-3-4-10(15)9(7-8)13(16,17)18/h3-4,7,11H,1-2,5-6H2. The molecule has 1 heterocycles. The van der Waals surface area contributed by atoms with E-state index in [9.17, 15) is 22.4 Å². The maximum Gasteiger partial charge on any atom is 0.419 e. The van der Waals surface area contributed by atoms with Crippen molar-refractivity contribution in [3.8, 4) is 0 Å². The van der Waals surface area contributed by atoms with Crippen molar-refractivity contribution in [1.82, 2.24) is 4.90 Å². The van der Waals surface area contributed by atoms with Crippen LogP contribution in [0, 0.1) is 5.82 Å². The Balaban J connectivity index is 2.26. The monoisotopic (exact) mass is 309 g/mol. The molecular formula is C13H12ClF4NO. The van der Waals surface area contributed by atoms with Crippen molar-refractivity contribution in [2.45, 2.75) is 24.4 Å². The topological polar surface area (TPSA) is 20.3 Å². The molecule has 20 heavy (non-hydrogen) atoms. The number of rotatable bonds is 2. The molecule has 1 aliphatic heterocycles. The lowest BCUT2D eigenvalue weighted by Gasteiger charge is -2.20. The second kappa shape index (κ2) is 5.60. The van der Waals surface area contributed by atoms with Gasteiger partial charge >= 0.3 is 6.18 Å². The van der Waals surface area contributed by atoms with Crippen LogP contribution in [0.5, 0.6) is 0 Å². The highest BCUT2D eigenvalue weighted by molar-refractivity contribution is 6.30. The summed E-state index contributed by atoms with van der Waals surface area (Å²) in [7, 11) is 0. The Kier molecular flexibility index (Phi) is 4.22. The van der Waals surface area contributed by atoms with Crippen molar-refractivity contribution < 1.29 is 22.4 Å². The molecule has 0 saturated carbocycles. The molecule has 0 N–H and O–H groups in total. The molecule has 0 aromatic heterocycles. The predicted octanol–water partition coefficient (Wildman–Crippen LogP) is 3.75. The summed E-state index contributed by atoms with van der Waals surface area (Å²) in [6.45, 7) is 1.10. The van der Waals surface area contributed by atoms with E-state index in [0.717, 1.165) is 18.9 Å². The van der Waals surface area contributed by atoms with Crippen LogP contribution in [0.2, 0.25) is 0 Å². The van der Waals surface area contributed by atoms with Gasteiger partial charge in [-0.3, -0.25) is 4.79 Å². The van der Waals surface area contributed by atoms with Gasteiger partial charge in [0.2, 0.25) is 5.91 Å². The first-order chi connectivity index (χ1) is 9.30. The van der Waals surface area contributed by atoms with Crippen LogP contribution in [0.1, 0.15) is 29.3 Å². The minimum atomic E-state index is -4.81. The van der Waals surface area contributed by atoms with Crippen LogP contribution in [0.3, 0.4) is 0 Å². The van der Waals surface area contributed by atoms with Gasteiger partial charge in [-0.25, -0.2) is 4.39 Å². The lowest BCUT2D eigenvalue weighted by molar-refractivity contribution is -0.140. The van der Waals surface area contributed by atoms with Gasteiger partial charge in [0.15, 0.2) is 0 Å². The first kappa shape index (κ1) is 15.1. The number of carbonyl (C=O) groups excluding carboxylic acids is 1. The highest BCUT2D eigenvalue weighted by Gasteiger charge is 2.35. The number of alkyl halides is 4. The summed E-state index contributed by atoms with van der Waals surface area (Å²) >= 11 is 5.93. The second-order valence-electron chi connectivity index (χ2n) is 4.63. The minimum Gasteiger partial charge on any atom is -0.341 e. The molecule has 0 bridgehead atoms. The number of carbonyl (C=O) groups is 1. The molecule has 1 amide bonds. The highest BCUT2D eigenvalue weighted by atomic mass is 35.5. The molecule has 1 fully saturated rings. The van der Waals surface area contributed by atoms with Gasteiger partial charge in [0.25, 0.3) is 0 Å². The van der Waals surface area contributed by atoms with E-state index in [2.05, 4.69) is 0 Å². The summed E-state index contributed by atoms with van der Waals surface area (Å²) in [6.07, 6.45) is -3.10. The van der Waals surface area contributed by atoms with Crippen molar-refractivity contribution in [2.75, 3.05) is 13.1 Å². The van der Waals surface area contributed by atoms with E-state index in [4.69, 9.17) is 11.6 Å². The van der Waals surface area contributed by atoms with Crippen LogP contribution >= 0.6 is 11.6 Å². The third-order valence-electron chi connectivity index (χ3n) is 3.22. The number of amides is 1. The van der Waals surface area contributed by atoms with Crippen molar-refractivity contribution >= 4 is 17.5 Å². The normalized spacial score (nSPS) is 17.4. The third-order valence-corrected chi connectivity index (χ3v) is 3.66. The van der Waals surface area contributed by atoms with Crippen LogP contribution in [-0.2, 0) is 11.0 Å². The number of benzene rings is 1. The van der Waals surface area contributed by atoms with E-state index in [0.29, 0.717) is 25.2 Å². The van der Waals surface area contributed by atoms with Crippen molar-refractivity contribution in [1.29, 1.82) is 0 Å². The zero-order valence-electron chi connectivity index (χ0n) is 10.4. The van der Waals surface area contributed by atoms with Crippen molar-refractivity contribution in [2.24, 2.45) is 0 Å². The smallest absolute Gasteiger partial charge is 0.341 e. The molecule has 1 saturated heterocycles. The van der Waals surface area contributed by atoms with Gasteiger partial charge < -0.3 is 4.90 Å². The Bertz CT molecular complexity index is 512. The van der Waals surface area contributed by atoms with Gasteiger partial charge in [0.1, 0.15) is 11.2 Å². The van der Waals surface area contributed by atoms with Gasteiger partial charge in [0.05, 0.1) is 5.56 Å². The van der Waals surface area contributed by atoms with Crippen LogP contribution in [0.15, 0.2) is 18.2 Å². The summed E-state index contributed by atoms with van der Waals surface area (Å²) < 4.78 is 51.0. The SMILES string of the molecule is O=C(C(Cl)c1ccc(F)c(C(F)(F)F)c1)N1CCCC1. The molecular weight excluding hydrogens is 298 g/mol. The lowest BCUT2D eigenvalue weighted by atomic mass is 10.1. The average Bonchev–Trinajstić information content (AvgIpc) is 2.90. The Hall–Kier alpha value is -1.30. The maximum absolute atomic E-state index is 13.2. The largest absolute Gasteiger partial charge is 0.419 e. The summed E-state index contributed by atoms with van der Waals surface area (Å²) in [6, 6.07) is 2.39. The molecule has 1 atom stereocenters. The Morgan fingerprint density at radius 2 is 1.85 bits per heavy atom. The van der Waals surface area contributed by atoms with Crippen molar-refractivity contribution in [3.63, 3.8) is 0 Å². The third kappa shape index (κ3) is 3.06. The summed E-state index contributed by atoms with van der Waals surface area (Å²) in [5, 5.41) is -1.23. The molecule has 1 aromatic carbocycles. The molecule has 0 aliphatic carbocycles. The maximum atomic E-state index is 13.2. The molecule has 1 aliphatic rings. The quantitative estimate of drug-likeness (QED) is 0.602. The Labute approximate surface area is 118 Å². The molecule has 0 radical (unpaired) electrons. The van der Waals surface area contributed by atoms with E-state index in [1.165, 1.54) is 4.90 Å². The minimum absolute atomic E-state index is 0.0442. The van der Waals surface area contributed by atoms with Crippen LogP contribution in [-0.4, -0.2) is 23.9 Å². The van der Waals surface area contributed by atoms with Gasteiger partial charge in [-0.15, -0.1) is 11.6 Å². The van der Waals surface area contributed by atoms with E-state index in [1.54, 1.807) is 0 Å². The fraction of sp³-hybridized carbons (Fsp3) is 0.462. The van der Waals surface area contributed by atoms with Crippen LogP contribution in [0.25, 0.3) is 0 Å². The van der Waals surface area contributed by atoms with E-state index < -0.39 is 28.8 Å². The number of likely N-dealkylation sites (tertiary alicyclic amines) is 1. The first-order valence-electron chi connectivity index (χ1n) is 6.10. The molecule has 7 heteroatoms. The van der Waals surface area contributed by atoms with Gasteiger partial charge in [0, 0.05) is 13.1 Å². The summed E-state index contributed by atoms with van der Waals surface area (Å²) in [4.78, 5) is 13.5. The van der Waals surface area contributed by atoms with Crippen molar-refractivity contribution in [3.05, 3.63) is 35.1 Å². The summed E-state index contributed by atoms with van der Waals surface area (Å²) in [5.74, 6) is -1.82. The predicted molar refractivity (Wildman–Crippen MR) is 65.8 cm³/mol. The molecule has 110 valence electrons. The number of nitrogens with zero attached hydrogens (tertiary/aromatic N) is 1. The summed E-state index contributed by atoms with van der Waals surface area (Å²) in [5.41, 5.74) is -1.45. The molecule has 2 rings (SSSR count). The van der Waals surface area contributed by atoms with Crippen LogP contribution in [0.4, 0.5) is 17.6 Å². The van der Waals surface area contributed by atoms with E-state index >= 15 is 0 Å². The number of hydrogen-bond donors (Lipinski definition) is 0. The first-order valence-corrected chi connectivity index (χ1v) is 6.54. The van der Waals surface area contributed by atoms with E-state index in [-0.39, 0.29) is 5.56 Å². The van der Waals surface area contributed by atoms with Gasteiger partial charge in [-0.05, 0) is 30.5 Å². The van der Waals surface area contributed by atoms with Crippen LogP contribution < -0.4 is 0 Å². The molecule has 2 nitrogen and oxygen atoms in total. The zero-order valence-corrected chi connectivity index (χ0v) is 11.1. The number of halogens is 5. The fourth-order valence-electron chi connectivity index (χ4n) is 2.16. The lowest BCUT2D eigenvalue weighted by Crippen LogP contribution is -2.30. The molecule has 0 spiro atoms. The molecule has 1 aromatic rings. The molecule has 1 unspecified atom stereocenters. The average molecular weight is 310 g/mol. The van der Waals surface area contributed by atoms with Gasteiger partial charge in [-0.2, -0.15) is 13.2 Å². The van der Waals surface area contributed by atoms with E-state index in [1.807, 2.05) is 0 Å². The fourth-order valence-corrected chi connectivity index (χ4v) is 2.43. The number of hydrogen-bond acceptors (Lipinski definition) is 1. The Morgan fingerprint density at radius 1 is 1.25 bits per heavy atom. The second-order valence-corrected chi connectivity index (χ2v) is 5.07.